The molecule has 1 amide bonds. The Hall–Kier alpha value is -2.41. The summed E-state index contributed by atoms with van der Waals surface area (Å²) in [5.74, 6) is -1.86. The number of hydrogen-bond donors (Lipinski definition) is 1. The summed E-state index contributed by atoms with van der Waals surface area (Å²) in [6, 6.07) is 5.18. The zero-order valence-electron chi connectivity index (χ0n) is 11.0. The van der Waals surface area contributed by atoms with E-state index in [0.29, 0.717) is 11.3 Å². The molecule has 0 unspecified atom stereocenters. The number of amides is 1. The molecule has 0 fully saturated rings. The van der Waals surface area contributed by atoms with Gasteiger partial charge in [-0.1, -0.05) is 12.1 Å². The number of carbonyl (C=O) groups is 2. The highest BCUT2D eigenvalue weighted by atomic mass is 32.2. The number of rotatable bonds is 1. The second kappa shape index (κ2) is 5.17. The molecule has 0 saturated heterocycles. The Balaban J connectivity index is 1.90. The fourth-order valence-electron chi connectivity index (χ4n) is 2.05. The van der Waals surface area contributed by atoms with Gasteiger partial charge in [0.25, 0.3) is 0 Å². The van der Waals surface area contributed by atoms with Crippen molar-refractivity contribution in [1.29, 1.82) is 0 Å². The minimum absolute atomic E-state index is 0.115. The van der Waals surface area contributed by atoms with E-state index in [1.807, 2.05) is 12.1 Å². The van der Waals surface area contributed by atoms with Crippen LogP contribution in [-0.4, -0.2) is 34.5 Å². The van der Waals surface area contributed by atoms with E-state index in [0.717, 1.165) is 10.5 Å². The number of carbonyl (C=O) groups excluding carboxylic acids is 2. The van der Waals surface area contributed by atoms with Gasteiger partial charge in [-0.05, 0) is 36.4 Å². The Morgan fingerprint density at radius 3 is 3.00 bits per heavy atom. The fraction of sp³-hybridized carbons (Fsp3) is 0.143. The summed E-state index contributed by atoms with van der Waals surface area (Å²) in [6.07, 6.45) is 1.86. The predicted octanol–water partition coefficient (Wildman–Crippen LogP) is 1.73. The highest BCUT2D eigenvalue weighted by Crippen LogP contribution is 2.41. The van der Waals surface area contributed by atoms with Crippen LogP contribution >= 0.6 is 11.8 Å². The number of esters is 1. The number of ether oxygens (including phenoxy) is 1. The highest BCUT2D eigenvalue weighted by molar-refractivity contribution is 8.18. The Bertz CT molecular complexity index is 749. The normalized spacial score (nSPS) is 17.1. The molecule has 7 heteroatoms. The summed E-state index contributed by atoms with van der Waals surface area (Å²) in [5, 5.41) is 10.1. The lowest BCUT2D eigenvalue weighted by Gasteiger charge is -2.01. The average Bonchev–Trinajstić information content (AvgIpc) is 2.95. The first kappa shape index (κ1) is 13.6. The minimum Gasteiger partial charge on any atom is -0.507 e. The van der Waals surface area contributed by atoms with Crippen molar-refractivity contribution < 1.29 is 19.4 Å². The van der Waals surface area contributed by atoms with Crippen LogP contribution < -0.4 is 0 Å². The Kier molecular flexibility index (Phi) is 3.34. The van der Waals surface area contributed by atoms with E-state index >= 15 is 0 Å². The van der Waals surface area contributed by atoms with Crippen LogP contribution in [0.4, 0.5) is 0 Å². The number of phenols is 1. The summed E-state index contributed by atoms with van der Waals surface area (Å²) in [5.41, 5.74) is 2.06. The maximum Gasteiger partial charge on any atom is 0.399 e. The molecule has 0 saturated carbocycles. The van der Waals surface area contributed by atoms with Crippen LogP contribution in [0.25, 0.3) is 6.08 Å². The summed E-state index contributed by atoms with van der Waals surface area (Å²) in [4.78, 5) is 31.4. The van der Waals surface area contributed by atoms with Crippen LogP contribution in [0.3, 0.4) is 0 Å². The lowest BCUT2D eigenvalue weighted by Crippen LogP contribution is -2.15. The zero-order chi connectivity index (χ0) is 15.0. The van der Waals surface area contributed by atoms with Crippen LogP contribution in [0.2, 0.25) is 0 Å². The summed E-state index contributed by atoms with van der Waals surface area (Å²) < 4.78 is 4.58. The maximum atomic E-state index is 11.5. The fourth-order valence-corrected chi connectivity index (χ4v) is 2.94. The van der Waals surface area contributed by atoms with Gasteiger partial charge in [0.2, 0.25) is 0 Å². The molecule has 1 heterocycles. The van der Waals surface area contributed by atoms with E-state index in [1.165, 1.54) is 11.8 Å². The van der Waals surface area contributed by atoms with Crippen molar-refractivity contribution in [1.82, 2.24) is 0 Å². The van der Waals surface area contributed by atoms with Gasteiger partial charge in [-0.15, -0.1) is 0 Å². The molecule has 106 valence electrons. The topological polar surface area (TPSA) is 88.3 Å². The SMILES string of the molecule is CCOC(=O)C(=O)N=C1N=C2C(=Cc3cccc(O)c32)S1. The predicted molar refractivity (Wildman–Crippen MR) is 79.3 cm³/mol. The number of amidine groups is 1. The van der Waals surface area contributed by atoms with Crippen molar-refractivity contribution in [2.24, 2.45) is 9.98 Å². The van der Waals surface area contributed by atoms with Gasteiger partial charge in [-0.25, -0.2) is 9.79 Å². The number of aliphatic imine (C=N–C) groups is 2. The van der Waals surface area contributed by atoms with Gasteiger partial charge in [-0.2, -0.15) is 4.99 Å². The molecule has 1 aliphatic carbocycles. The Morgan fingerprint density at radius 2 is 2.24 bits per heavy atom. The van der Waals surface area contributed by atoms with Gasteiger partial charge in [0.05, 0.1) is 17.9 Å². The molecular weight excluding hydrogens is 292 g/mol. The van der Waals surface area contributed by atoms with E-state index in [4.69, 9.17) is 0 Å². The van der Waals surface area contributed by atoms with Gasteiger partial charge in [0.1, 0.15) is 5.75 Å². The van der Waals surface area contributed by atoms with Crippen LogP contribution in [0.15, 0.2) is 33.1 Å². The van der Waals surface area contributed by atoms with Gasteiger partial charge in [-0.3, -0.25) is 4.79 Å². The van der Waals surface area contributed by atoms with Crippen LogP contribution in [0, 0.1) is 0 Å². The van der Waals surface area contributed by atoms with Crippen molar-refractivity contribution in [3.63, 3.8) is 0 Å². The van der Waals surface area contributed by atoms with Crippen molar-refractivity contribution in [3.05, 3.63) is 34.2 Å². The molecular formula is C14H10N2O4S. The molecule has 1 aromatic rings. The third-order valence-corrected chi connectivity index (χ3v) is 3.78. The molecule has 21 heavy (non-hydrogen) atoms. The van der Waals surface area contributed by atoms with Gasteiger partial charge in [0.15, 0.2) is 5.17 Å². The first-order valence-electron chi connectivity index (χ1n) is 6.21. The number of benzene rings is 1. The quantitative estimate of drug-likeness (QED) is 0.630. The van der Waals surface area contributed by atoms with Gasteiger partial charge in [0, 0.05) is 4.91 Å². The molecule has 0 spiro atoms. The zero-order valence-corrected chi connectivity index (χ0v) is 11.8. The van der Waals surface area contributed by atoms with Crippen LogP contribution in [0.5, 0.6) is 5.75 Å². The van der Waals surface area contributed by atoms with E-state index in [2.05, 4.69) is 14.7 Å². The third kappa shape index (κ3) is 2.36. The minimum atomic E-state index is -1.000. The smallest absolute Gasteiger partial charge is 0.399 e. The maximum absolute atomic E-state index is 11.5. The van der Waals surface area contributed by atoms with Gasteiger partial charge < -0.3 is 9.84 Å². The molecule has 1 aromatic carbocycles. The van der Waals surface area contributed by atoms with E-state index in [9.17, 15) is 14.7 Å². The standard InChI is InChI=1S/C14H10N2O4S/c1-2-20-13(19)12(18)16-14-15-11-9(21-14)6-7-4-3-5-8(17)10(7)11/h3-6,17H,2H2,1H3. The largest absolute Gasteiger partial charge is 0.507 e. The van der Waals surface area contributed by atoms with E-state index in [-0.39, 0.29) is 17.5 Å². The first-order chi connectivity index (χ1) is 10.1. The summed E-state index contributed by atoms with van der Waals surface area (Å²) in [6.45, 7) is 1.72. The third-order valence-electron chi connectivity index (χ3n) is 2.89. The number of nitrogens with zero attached hydrogens (tertiary/aromatic N) is 2. The second-order valence-electron chi connectivity index (χ2n) is 4.23. The second-order valence-corrected chi connectivity index (χ2v) is 5.24. The number of phenolic OH excluding ortho intramolecular Hbond substituents is 1. The van der Waals surface area contributed by atoms with Crippen molar-refractivity contribution in [3.8, 4) is 5.75 Å². The highest BCUT2D eigenvalue weighted by Gasteiger charge is 2.31. The molecule has 1 N–H and O–H groups in total. The molecule has 2 aliphatic rings. The number of allylic oxidation sites excluding steroid dienone is 1. The molecule has 1 aliphatic heterocycles. The Morgan fingerprint density at radius 1 is 1.43 bits per heavy atom. The van der Waals surface area contributed by atoms with E-state index in [1.54, 1.807) is 19.1 Å². The number of hydrogen-bond acceptors (Lipinski definition) is 5. The van der Waals surface area contributed by atoms with Crippen molar-refractivity contribution in [2.45, 2.75) is 6.92 Å². The molecule has 3 rings (SSSR count). The lowest BCUT2D eigenvalue weighted by molar-refractivity contribution is -0.152. The van der Waals surface area contributed by atoms with Crippen molar-refractivity contribution >= 4 is 40.6 Å². The van der Waals surface area contributed by atoms with E-state index < -0.39 is 11.9 Å². The molecule has 0 atom stereocenters. The molecule has 0 radical (unpaired) electrons. The number of aromatic hydroxyl groups is 1. The number of thioether (sulfide) groups is 1. The summed E-state index contributed by atoms with van der Waals surface area (Å²) in [7, 11) is 0. The number of fused-ring (bicyclic) bond motifs is 3. The van der Waals surface area contributed by atoms with Crippen LogP contribution in [-0.2, 0) is 14.3 Å². The summed E-state index contributed by atoms with van der Waals surface area (Å²) >= 11 is 1.18. The molecule has 6 nitrogen and oxygen atoms in total. The monoisotopic (exact) mass is 302 g/mol. The van der Waals surface area contributed by atoms with Gasteiger partial charge >= 0.3 is 11.9 Å². The average molecular weight is 302 g/mol. The molecule has 0 bridgehead atoms. The first-order valence-corrected chi connectivity index (χ1v) is 7.02. The Labute approximate surface area is 124 Å². The lowest BCUT2D eigenvalue weighted by atomic mass is 10.1. The van der Waals surface area contributed by atoms with Crippen LogP contribution in [0.1, 0.15) is 18.1 Å². The molecule has 0 aromatic heterocycles. The van der Waals surface area contributed by atoms with Crippen molar-refractivity contribution in [2.75, 3.05) is 6.61 Å².